The molecule has 0 spiro atoms. The highest BCUT2D eigenvalue weighted by molar-refractivity contribution is 5.75. The first-order valence-corrected chi connectivity index (χ1v) is 16.0. The van der Waals surface area contributed by atoms with Gasteiger partial charge in [0.05, 0.1) is 42.6 Å². The summed E-state index contributed by atoms with van der Waals surface area (Å²) in [6, 6.07) is 7.77. The number of benzene rings is 1. The van der Waals surface area contributed by atoms with Gasteiger partial charge < -0.3 is 31.3 Å². The highest BCUT2D eigenvalue weighted by Gasteiger charge is 2.52. The molecule has 1 aromatic rings. The fourth-order valence-electron chi connectivity index (χ4n) is 7.96. The van der Waals surface area contributed by atoms with Gasteiger partial charge in [-0.05, 0) is 81.9 Å². The molecule has 3 saturated heterocycles. The van der Waals surface area contributed by atoms with Crippen LogP contribution in [0.4, 0.5) is 11.4 Å². The fourth-order valence-corrected chi connectivity index (χ4v) is 7.96. The largest absolute Gasteiger partial charge is 0.387 e. The van der Waals surface area contributed by atoms with Crippen molar-refractivity contribution >= 4 is 11.4 Å². The van der Waals surface area contributed by atoms with Crippen LogP contribution in [0.25, 0.3) is 0 Å². The van der Waals surface area contributed by atoms with Gasteiger partial charge in [-0.3, -0.25) is 20.9 Å². The van der Waals surface area contributed by atoms with Gasteiger partial charge in [0.15, 0.2) is 0 Å². The minimum absolute atomic E-state index is 0.0171. The summed E-state index contributed by atoms with van der Waals surface area (Å²) in [4.78, 5) is 4.54. The van der Waals surface area contributed by atoms with Crippen molar-refractivity contribution < 1.29 is 14.9 Å². The molecule has 0 bridgehead atoms. The number of hydrogen-bond donors (Lipinski definition) is 8. The molecule has 0 radical (unpaired) electrons. The Balaban J connectivity index is 0.889. The molecule has 0 amide bonds. The molecule has 0 aromatic heterocycles. The van der Waals surface area contributed by atoms with Gasteiger partial charge in [0.2, 0.25) is 0 Å². The van der Waals surface area contributed by atoms with Crippen molar-refractivity contribution in [1.29, 1.82) is 0 Å². The summed E-state index contributed by atoms with van der Waals surface area (Å²) in [6.07, 6.45) is 5.91. The maximum atomic E-state index is 11.0. The summed E-state index contributed by atoms with van der Waals surface area (Å²) in [5, 5.41) is 39.5. The van der Waals surface area contributed by atoms with Crippen molar-refractivity contribution in [2.45, 2.75) is 126 Å². The van der Waals surface area contributed by atoms with Crippen molar-refractivity contribution in [1.82, 2.24) is 25.8 Å². The molecular formula is C30H50N8O3. The van der Waals surface area contributed by atoms with E-state index < -0.39 is 24.5 Å². The molecule has 228 valence electrons. The number of nitrogens with two attached hydrogens (primary N) is 1. The zero-order valence-corrected chi connectivity index (χ0v) is 24.5. The summed E-state index contributed by atoms with van der Waals surface area (Å²) in [5.41, 5.74) is 10.2. The van der Waals surface area contributed by atoms with E-state index in [-0.39, 0.29) is 18.4 Å². The van der Waals surface area contributed by atoms with Gasteiger partial charge in [-0.1, -0.05) is 12.5 Å². The normalized spacial score (nSPS) is 40.7. The zero-order valence-electron chi connectivity index (χ0n) is 24.5. The lowest BCUT2D eigenvalue weighted by Gasteiger charge is -2.46. The van der Waals surface area contributed by atoms with Gasteiger partial charge >= 0.3 is 0 Å². The van der Waals surface area contributed by atoms with Crippen molar-refractivity contribution in [3.05, 3.63) is 23.8 Å². The Kier molecular flexibility index (Phi) is 7.93. The van der Waals surface area contributed by atoms with Gasteiger partial charge in [-0.2, -0.15) is 0 Å². The summed E-state index contributed by atoms with van der Waals surface area (Å²) in [7, 11) is 0. The van der Waals surface area contributed by atoms with Gasteiger partial charge in [0.25, 0.3) is 0 Å². The van der Waals surface area contributed by atoms with Crippen LogP contribution in [0, 0.1) is 5.92 Å². The lowest BCUT2D eigenvalue weighted by molar-refractivity contribution is -0.112. The Hall–Kier alpha value is -1.54. The minimum Gasteiger partial charge on any atom is -0.387 e. The lowest BCUT2D eigenvalue weighted by Crippen LogP contribution is -2.68. The predicted octanol–water partition coefficient (Wildman–Crippen LogP) is 0.826. The molecule has 4 heterocycles. The molecule has 5 fully saturated rings. The van der Waals surface area contributed by atoms with Crippen LogP contribution in [-0.2, 0) is 4.74 Å². The molecular weight excluding hydrogens is 520 g/mol. The maximum absolute atomic E-state index is 11.0. The summed E-state index contributed by atoms with van der Waals surface area (Å²) in [6.45, 7) is 6.21. The van der Waals surface area contributed by atoms with E-state index in [1.807, 2.05) is 0 Å². The number of aliphatic hydroxyl groups excluding tert-OH is 2. The molecule has 2 aliphatic carbocycles. The molecule has 4 aliphatic heterocycles. The summed E-state index contributed by atoms with van der Waals surface area (Å²) in [5.74, 6) is 1.48. The van der Waals surface area contributed by atoms with Crippen molar-refractivity contribution in [3.8, 4) is 0 Å². The maximum Gasteiger partial charge on any atom is 0.142 e. The number of hydrogen-bond acceptors (Lipinski definition) is 11. The van der Waals surface area contributed by atoms with Crippen molar-refractivity contribution in [2.24, 2.45) is 11.7 Å². The summed E-state index contributed by atoms with van der Waals surface area (Å²) < 4.78 is 6.39. The molecule has 9 N–H and O–H groups in total. The molecule has 6 aliphatic rings. The standard InChI is InChI=1S/C30H50N8O3/c1-16(2)37(13-23-26(39)27(40)30(41-23)38-15-34-25-28(31)32-14-33-29(25)38)20-10-17(11-20)6-9-24-35-21-8-7-19(12-22(21)36-24)18-4-3-5-18/h7-8,12,16-18,20,23-30,32-36,39-40H,3-6,9-11,13-15,31H2,1-2H3/t17-,20-,23-,24?,25?,26-,27-,28?,29?,30-/m1/s1. The number of nitrogens with zero attached hydrogens (tertiary/aromatic N) is 2. The van der Waals surface area contributed by atoms with Crippen LogP contribution < -0.4 is 32.3 Å². The van der Waals surface area contributed by atoms with E-state index in [1.165, 1.54) is 55.5 Å². The van der Waals surface area contributed by atoms with Gasteiger partial charge in [0.1, 0.15) is 24.5 Å². The molecule has 11 heteroatoms. The van der Waals surface area contributed by atoms with E-state index >= 15 is 0 Å². The van der Waals surface area contributed by atoms with E-state index in [2.05, 4.69) is 68.4 Å². The molecule has 41 heavy (non-hydrogen) atoms. The van der Waals surface area contributed by atoms with E-state index in [0.29, 0.717) is 38.1 Å². The van der Waals surface area contributed by atoms with Crippen LogP contribution in [0.2, 0.25) is 0 Å². The van der Waals surface area contributed by atoms with Gasteiger partial charge in [0, 0.05) is 25.3 Å². The lowest BCUT2D eigenvalue weighted by atomic mass is 9.76. The molecule has 4 unspecified atom stereocenters. The second-order valence-electron chi connectivity index (χ2n) is 13.6. The number of ether oxygens (including phenoxy) is 1. The average molecular weight is 571 g/mol. The second kappa shape index (κ2) is 11.5. The number of anilines is 2. The van der Waals surface area contributed by atoms with Crippen LogP contribution in [0.1, 0.15) is 70.3 Å². The molecule has 1 aromatic carbocycles. The molecule has 11 nitrogen and oxygen atoms in total. The average Bonchev–Trinajstić information content (AvgIpc) is 3.58. The van der Waals surface area contributed by atoms with E-state index in [1.54, 1.807) is 0 Å². The van der Waals surface area contributed by atoms with E-state index in [0.717, 1.165) is 18.3 Å². The second-order valence-corrected chi connectivity index (χ2v) is 13.6. The number of rotatable bonds is 9. The Labute approximate surface area is 243 Å². The monoisotopic (exact) mass is 570 g/mol. The van der Waals surface area contributed by atoms with Crippen LogP contribution in [0.3, 0.4) is 0 Å². The number of nitrogens with one attached hydrogen (secondary N) is 5. The molecule has 7 rings (SSSR count). The Morgan fingerprint density at radius 1 is 1.05 bits per heavy atom. The van der Waals surface area contributed by atoms with Crippen LogP contribution >= 0.6 is 0 Å². The zero-order chi connectivity index (χ0) is 28.2. The third-order valence-electron chi connectivity index (χ3n) is 10.8. The van der Waals surface area contributed by atoms with Gasteiger partial charge in [-0.15, -0.1) is 0 Å². The van der Waals surface area contributed by atoms with Crippen LogP contribution in [0.15, 0.2) is 18.2 Å². The first-order valence-electron chi connectivity index (χ1n) is 16.0. The van der Waals surface area contributed by atoms with Crippen LogP contribution in [-0.4, -0.2) is 101 Å². The van der Waals surface area contributed by atoms with E-state index in [9.17, 15) is 10.2 Å². The smallest absolute Gasteiger partial charge is 0.142 e. The Morgan fingerprint density at radius 3 is 2.61 bits per heavy atom. The minimum atomic E-state index is -0.961. The predicted molar refractivity (Wildman–Crippen MR) is 159 cm³/mol. The third kappa shape index (κ3) is 5.38. The van der Waals surface area contributed by atoms with Crippen molar-refractivity contribution in [3.63, 3.8) is 0 Å². The number of fused-ring (bicyclic) bond motifs is 2. The van der Waals surface area contributed by atoms with Crippen molar-refractivity contribution in [2.75, 3.05) is 30.5 Å². The Bertz CT molecular complexity index is 1070. The fraction of sp³-hybridized carbons (Fsp3) is 0.800. The molecule has 8 atom stereocenters. The highest BCUT2D eigenvalue weighted by Crippen LogP contribution is 2.42. The first-order chi connectivity index (χ1) is 19.9. The number of aliphatic hydroxyl groups is 2. The topological polar surface area (TPSA) is 142 Å². The summed E-state index contributed by atoms with van der Waals surface area (Å²) >= 11 is 0. The van der Waals surface area contributed by atoms with E-state index in [4.69, 9.17) is 10.5 Å². The molecule has 2 saturated carbocycles. The van der Waals surface area contributed by atoms with Crippen LogP contribution in [0.5, 0.6) is 0 Å². The third-order valence-corrected chi connectivity index (χ3v) is 10.8. The Morgan fingerprint density at radius 2 is 1.85 bits per heavy atom. The SMILES string of the molecule is CC(C)N(C[C@H]1O[C@@H](N2CNC3C(N)NCNC32)[C@H](O)[C@@H]1O)[C@H]1C[C@H](CCC2Nc3ccc(C4CCC4)cc3N2)C1. The quantitative estimate of drug-likeness (QED) is 0.214. The highest BCUT2D eigenvalue weighted by atomic mass is 16.6. The van der Waals surface area contributed by atoms with Gasteiger partial charge in [-0.25, -0.2) is 4.90 Å². The first kappa shape index (κ1) is 28.2.